The lowest BCUT2D eigenvalue weighted by Crippen LogP contribution is -2.09. The summed E-state index contributed by atoms with van der Waals surface area (Å²) in [5, 5.41) is 26.8. The smallest absolute Gasteiger partial charge is 0.294 e. The van der Waals surface area contributed by atoms with Gasteiger partial charge in [0.25, 0.3) is 11.4 Å². The fourth-order valence-corrected chi connectivity index (χ4v) is 3.76. The minimum absolute atomic E-state index is 0.0570. The highest BCUT2D eigenvalue weighted by Gasteiger charge is 2.18. The monoisotopic (exact) mass is 514 g/mol. The van der Waals surface area contributed by atoms with E-state index in [0.717, 1.165) is 42.4 Å². The van der Waals surface area contributed by atoms with E-state index in [1.165, 1.54) is 38.5 Å². The van der Waals surface area contributed by atoms with Gasteiger partial charge in [-0.3, -0.25) is 25.7 Å². The van der Waals surface area contributed by atoms with Crippen LogP contribution in [0.5, 0.6) is 5.75 Å². The van der Waals surface area contributed by atoms with Gasteiger partial charge in [0.1, 0.15) is 11.4 Å². The molecule has 0 saturated heterocycles. The molecular formula is C27H38N4O6. The first-order chi connectivity index (χ1) is 18.0. The molecule has 0 unspecified atom stereocenters. The predicted molar refractivity (Wildman–Crippen MR) is 146 cm³/mol. The van der Waals surface area contributed by atoms with Crippen LogP contribution in [0.3, 0.4) is 0 Å². The minimum atomic E-state index is -0.611. The van der Waals surface area contributed by atoms with E-state index in [0.29, 0.717) is 32.0 Å². The Kier molecular flexibility index (Phi) is 13.7. The number of nitrogens with zero attached hydrogens (tertiary/aromatic N) is 3. The van der Waals surface area contributed by atoms with Gasteiger partial charge in [0, 0.05) is 31.2 Å². The van der Waals surface area contributed by atoms with Gasteiger partial charge in [-0.25, -0.2) is 0 Å². The topological polar surface area (TPSA) is 129 Å². The van der Waals surface area contributed by atoms with Crippen molar-refractivity contribution in [1.29, 1.82) is 0 Å². The zero-order valence-corrected chi connectivity index (χ0v) is 21.8. The summed E-state index contributed by atoms with van der Waals surface area (Å²) in [7, 11) is 0. The van der Waals surface area contributed by atoms with Gasteiger partial charge >= 0.3 is 0 Å². The SMILES string of the molecule is CCCCCCCCCCOc1ccc(/C(CCOCC)=N/Nc2cc([N+](=O)[O-])ccc2[N+](=O)[O-])cc1. The van der Waals surface area contributed by atoms with Gasteiger partial charge in [-0.05, 0) is 43.2 Å². The largest absolute Gasteiger partial charge is 0.494 e. The molecule has 0 aliphatic heterocycles. The maximum Gasteiger partial charge on any atom is 0.294 e. The molecule has 0 heterocycles. The third-order valence-electron chi connectivity index (χ3n) is 5.84. The Balaban J connectivity index is 2.01. The van der Waals surface area contributed by atoms with Crippen LogP contribution in [0.25, 0.3) is 0 Å². The quantitative estimate of drug-likeness (QED) is 0.0903. The molecule has 0 saturated carbocycles. The molecule has 0 fully saturated rings. The molecule has 0 radical (unpaired) electrons. The summed E-state index contributed by atoms with van der Waals surface area (Å²) in [6, 6.07) is 10.8. The van der Waals surface area contributed by atoms with Crippen molar-refractivity contribution in [3.05, 3.63) is 68.3 Å². The molecule has 0 atom stereocenters. The zero-order chi connectivity index (χ0) is 26.9. The van der Waals surface area contributed by atoms with Crippen molar-refractivity contribution in [2.45, 2.75) is 71.6 Å². The number of hydrogen-bond acceptors (Lipinski definition) is 8. The normalized spacial score (nSPS) is 11.4. The first-order valence-electron chi connectivity index (χ1n) is 13.0. The molecule has 0 spiro atoms. The summed E-state index contributed by atoms with van der Waals surface area (Å²) in [4.78, 5) is 21.3. The van der Waals surface area contributed by atoms with Crippen LogP contribution in [-0.2, 0) is 4.74 Å². The number of nitro groups is 2. The molecule has 1 N–H and O–H groups in total. The first-order valence-corrected chi connectivity index (χ1v) is 13.0. The molecule has 202 valence electrons. The van der Waals surface area contributed by atoms with Gasteiger partial charge in [0.15, 0.2) is 0 Å². The van der Waals surface area contributed by atoms with E-state index < -0.39 is 9.85 Å². The number of benzene rings is 2. The van der Waals surface area contributed by atoms with Crippen molar-refractivity contribution in [2.24, 2.45) is 5.10 Å². The lowest BCUT2D eigenvalue weighted by molar-refractivity contribution is -0.388. The molecule has 2 rings (SSSR count). The van der Waals surface area contributed by atoms with Gasteiger partial charge < -0.3 is 9.47 Å². The lowest BCUT2D eigenvalue weighted by atomic mass is 10.1. The second-order valence-corrected chi connectivity index (χ2v) is 8.68. The second-order valence-electron chi connectivity index (χ2n) is 8.68. The molecular weight excluding hydrogens is 476 g/mol. The van der Waals surface area contributed by atoms with Gasteiger partial charge in [0.2, 0.25) is 0 Å². The number of ether oxygens (including phenoxy) is 2. The zero-order valence-electron chi connectivity index (χ0n) is 21.8. The van der Waals surface area contributed by atoms with Crippen LogP contribution in [-0.4, -0.2) is 35.4 Å². The number of unbranched alkanes of at least 4 members (excludes halogenated alkanes) is 7. The lowest BCUT2D eigenvalue weighted by Gasteiger charge is -2.11. The molecule has 0 aromatic heterocycles. The van der Waals surface area contributed by atoms with Crippen LogP contribution in [0.4, 0.5) is 17.1 Å². The Morgan fingerprint density at radius 1 is 0.865 bits per heavy atom. The van der Waals surface area contributed by atoms with E-state index >= 15 is 0 Å². The van der Waals surface area contributed by atoms with E-state index in [4.69, 9.17) is 9.47 Å². The molecule has 37 heavy (non-hydrogen) atoms. The Morgan fingerprint density at radius 3 is 2.16 bits per heavy atom. The van der Waals surface area contributed by atoms with Crippen molar-refractivity contribution >= 4 is 22.8 Å². The van der Waals surface area contributed by atoms with E-state index in [1.54, 1.807) is 0 Å². The van der Waals surface area contributed by atoms with Gasteiger partial charge in [-0.1, -0.05) is 51.9 Å². The van der Waals surface area contributed by atoms with Crippen molar-refractivity contribution < 1.29 is 19.3 Å². The summed E-state index contributed by atoms with van der Waals surface area (Å²) in [5.74, 6) is 0.762. The molecule has 2 aromatic carbocycles. The third kappa shape index (κ3) is 10.9. The third-order valence-corrected chi connectivity index (χ3v) is 5.84. The number of nitrogens with one attached hydrogen (secondary N) is 1. The maximum atomic E-state index is 11.4. The maximum absolute atomic E-state index is 11.4. The van der Waals surface area contributed by atoms with Crippen molar-refractivity contribution in [1.82, 2.24) is 0 Å². The highest BCUT2D eigenvalue weighted by atomic mass is 16.6. The van der Waals surface area contributed by atoms with Crippen LogP contribution < -0.4 is 10.2 Å². The van der Waals surface area contributed by atoms with Crippen LogP contribution in [0.15, 0.2) is 47.6 Å². The van der Waals surface area contributed by atoms with E-state index in [2.05, 4.69) is 17.5 Å². The summed E-state index contributed by atoms with van der Waals surface area (Å²) >= 11 is 0. The number of nitro benzene ring substituents is 2. The van der Waals surface area contributed by atoms with E-state index in [-0.39, 0.29) is 17.1 Å². The fraction of sp³-hybridized carbons (Fsp3) is 0.519. The van der Waals surface area contributed by atoms with Gasteiger partial charge in [0.05, 0.1) is 28.8 Å². The standard InChI is InChI=1S/C27H38N4O6/c1-3-5-6-7-8-9-10-11-19-37-24-15-12-22(13-16-24)25(18-20-36-4-2)28-29-26-21-23(30(32)33)14-17-27(26)31(34)35/h12-17,21,29H,3-11,18-20H2,1-2H3/b28-25+. The van der Waals surface area contributed by atoms with Crippen LogP contribution in [0.1, 0.15) is 77.2 Å². The van der Waals surface area contributed by atoms with E-state index in [9.17, 15) is 20.2 Å². The summed E-state index contributed by atoms with van der Waals surface area (Å²) < 4.78 is 11.3. The van der Waals surface area contributed by atoms with Crippen molar-refractivity contribution in [2.75, 3.05) is 25.2 Å². The van der Waals surface area contributed by atoms with Crippen LogP contribution in [0.2, 0.25) is 0 Å². The number of rotatable bonds is 19. The molecule has 10 nitrogen and oxygen atoms in total. The number of anilines is 1. The Morgan fingerprint density at radius 2 is 1.54 bits per heavy atom. The molecule has 2 aromatic rings. The van der Waals surface area contributed by atoms with Gasteiger partial charge in [-0.2, -0.15) is 5.10 Å². The molecule has 0 amide bonds. The Labute approximate surface area is 218 Å². The molecule has 0 bridgehead atoms. The van der Waals surface area contributed by atoms with Crippen LogP contribution in [0, 0.1) is 20.2 Å². The fourth-order valence-electron chi connectivity index (χ4n) is 3.76. The number of non-ortho nitro benzene ring substituents is 1. The van der Waals surface area contributed by atoms with Crippen LogP contribution >= 0.6 is 0 Å². The van der Waals surface area contributed by atoms with Crippen molar-refractivity contribution in [3.63, 3.8) is 0 Å². The Hall–Kier alpha value is -3.53. The molecule has 10 heteroatoms. The summed E-state index contributed by atoms with van der Waals surface area (Å²) in [6.45, 7) is 5.73. The highest BCUT2D eigenvalue weighted by molar-refractivity contribution is 6.01. The van der Waals surface area contributed by atoms with Crippen molar-refractivity contribution in [3.8, 4) is 5.75 Å². The van der Waals surface area contributed by atoms with Gasteiger partial charge in [-0.15, -0.1) is 0 Å². The average Bonchev–Trinajstić information content (AvgIpc) is 2.90. The summed E-state index contributed by atoms with van der Waals surface area (Å²) in [5.41, 5.74) is 3.42. The minimum Gasteiger partial charge on any atom is -0.494 e. The molecule has 0 aliphatic rings. The number of hydrogen-bond donors (Lipinski definition) is 1. The predicted octanol–water partition coefficient (Wildman–Crippen LogP) is 7.27. The first kappa shape index (κ1) is 29.7. The highest BCUT2D eigenvalue weighted by Crippen LogP contribution is 2.29. The summed E-state index contributed by atoms with van der Waals surface area (Å²) in [6.07, 6.45) is 10.4. The Bertz CT molecular complexity index is 1010. The average molecular weight is 515 g/mol. The second kappa shape index (κ2) is 17.0. The molecule has 0 aliphatic carbocycles. The number of hydrazone groups is 1. The van der Waals surface area contributed by atoms with E-state index in [1.807, 2.05) is 31.2 Å².